The predicted molar refractivity (Wildman–Crippen MR) is 78.0 cm³/mol. The second-order valence-electron chi connectivity index (χ2n) is 4.93. The van der Waals surface area contributed by atoms with Crippen LogP contribution < -0.4 is 5.32 Å². The summed E-state index contributed by atoms with van der Waals surface area (Å²) in [5.74, 6) is 0. The predicted octanol–water partition coefficient (Wildman–Crippen LogP) is 1.21. The van der Waals surface area contributed by atoms with Gasteiger partial charge in [-0.15, -0.1) is 0 Å². The Morgan fingerprint density at radius 3 is 2.85 bits per heavy atom. The first kappa shape index (κ1) is 15.4. The third kappa shape index (κ3) is 3.38. The van der Waals surface area contributed by atoms with Gasteiger partial charge in [-0.2, -0.15) is 4.31 Å². The smallest absolute Gasteiger partial charge is 0.243 e. The maximum atomic E-state index is 12.8. The summed E-state index contributed by atoms with van der Waals surface area (Å²) in [5.41, 5.74) is 0.813. The fourth-order valence-electron chi connectivity index (χ4n) is 2.31. The SMILES string of the molecule is CCNCc1ccccc1S(=O)(=O)N1CCOC(C)C1. The van der Waals surface area contributed by atoms with Crippen molar-refractivity contribution in [3.05, 3.63) is 29.8 Å². The van der Waals surface area contributed by atoms with Crippen molar-refractivity contribution in [3.8, 4) is 0 Å². The summed E-state index contributed by atoms with van der Waals surface area (Å²) in [6.45, 7) is 6.55. The van der Waals surface area contributed by atoms with E-state index in [4.69, 9.17) is 4.74 Å². The number of nitrogens with one attached hydrogen (secondary N) is 1. The molecule has 5 nitrogen and oxygen atoms in total. The van der Waals surface area contributed by atoms with Gasteiger partial charge in [0.05, 0.1) is 17.6 Å². The summed E-state index contributed by atoms with van der Waals surface area (Å²) in [5, 5.41) is 3.18. The van der Waals surface area contributed by atoms with Crippen LogP contribution >= 0.6 is 0 Å². The molecule has 1 aromatic carbocycles. The van der Waals surface area contributed by atoms with E-state index in [1.165, 1.54) is 4.31 Å². The number of benzene rings is 1. The van der Waals surface area contributed by atoms with E-state index in [-0.39, 0.29) is 6.10 Å². The molecule has 1 heterocycles. The van der Waals surface area contributed by atoms with Gasteiger partial charge in [0.1, 0.15) is 0 Å². The molecule has 6 heteroatoms. The number of rotatable bonds is 5. The minimum atomic E-state index is -3.44. The first-order valence-electron chi connectivity index (χ1n) is 6.96. The Balaban J connectivity index is 2.29. The second-order valence-corrected chi connectivity index (χ2v) is 6.84. The van der Waals surface area contributed by atoms with Crippen molar-refractivity contribution in [1.29, 1.82) is 0 Å². The van der Waals surface area contributed by atoms with Gasteiger partial charge >= 0.3 is 0 Å². The minimum absolute atomic E-state index is 0.0561. The van der Waals surface area contributed by atoms with E-state index < -0.39 is 10.0 Å². The lowest BCUT2D eigenvalue weighted by Crippen LogP contribution is -2.44. The zero-order valence-corrected chi connectivity index (χ0v) is 12.8. The van der Waals surface area contributed by atoms with Crippen LogP contribution in [0.3, 0.4) is 0 Å². The Morgan fingerprint density at radius 1 is 1.40 bits per heavy atom. The van der Waals surface area contributed by atoms with E-state index in [1.54, 1.807) is 12.1 Å². The molecule has 1 aromatic rings. The first-order chi connectivity index (χ1) is 9.55. The number of ether oxygens (including phenoxy) is 1. The Bertz CT molecular complexity index is 545. The Morgan fingerprint density at radius 2 is 2.15 bits per heavy atom. The number of hydrogen-bond donors (Lipinski definition) is 1. The van der Waals surface area contributed by atoms with E-state index in [0.29, 0.717) is 31.1 Å². The van der Waals surface area contributed by atoms with Crippen LogP contribution in [0, 0.1) is 0 Å². The quantitative estimate of drug-likeness (QED) is 0.887. The van der Waals surface area contributed by atoms with Gasteiger partial charge in [-0.3, -0.25) is 0 Å². The van der Waals surface area contributed by atoms with Crippen LogP contribution in [0.2, 0.25) is 0 Å². The maximum absolute atomic E-state index is 12.8. The summed E-state index contributed by atoms with van der Waals surface area (Å²) < 4.78 is 32.5. The van der Waals surface area contributed by atoms with E-state index in [1.807, 2.05) is 26.0 Å². The Hall–Kier alpha value is -0.950. The highest BCUT2D eigenvalue weighted by molar-refractivity contribution is 7.89. The van der Waals surface area contributed by atoms with Crippen molar-refractivity contribution in [2.75, 3.05) is 26.2 Å². The van der Waals surface area contributed by atoms with Gasteiger partial charge in [0, 0.05) is 19.6 Å². The molecule has 1 aliphatic rings. The van der Waals surface area contributed by atoms with Crippen LogP contribution in [0.4, 0.5) is 0 Å². The molecular formula is C14H22N2O3S. The van der Waals surface area contributed by atoms with Crippen molar-refractivity contribution >= 4 is 10.0 Å². The zero-order valence-electron chi connectivity index (χ0n) is 12.0. The minimum Gasteiger partial charge on any atom is -0.376 e. The molecule has 20 heavy (non-hydrogen) atoms. The van der Waals surface area contributed by atoms with Gasteiger partial charge < -0.3 is 10.1 Å². The van der Waals surface area contributed by atoms with Crippen LogP contribution in [0.15, 0.2) is 29.2 Å². The number of morpholine rings is 1. The van der Waals surface area contributed by atoms with Crippen molar-refractivity contribution in [1.82, 2.24) is 9.62 Å². The highest BCUT2D eigenvalue weighted by atomic mass is 32.2. The van der Waals surface area contributed by atoms with Gasteiger partial charge in [0.2, 0.25) is 10.0 Å². The van der Waals surface area contributed by atoms with E-state index >= 15 is 0 Å². The average molecular weight is 298 g/mol. The third-order valence-corrected chi connectivity index (χ3v) is 5.33. The molecule has 0 aromatic heterocycles. The van der Waals surface area contributed by atoms with Crippen LogP contribution in [0.5, 0.6) is 0 Å². The van der Waals surface area contributed by atoms with Gasteiger partial charge in [-0.1, -0.05) is 25.1 Å². The fraction of sp³-hybridized carbons (Fsp3) is 0.571. The van der Waals surface area contributed by atoms with Gasteiger partial charge in [-0.05, 0) is 25.1 Å². The zero-order chi connectivity index (χ0) is 14.6. The summed E-state index contributed by atoms with van der Waals surface area (Å²) in [6.07, 6.45) is -0.0561. The lowest BCUT2D eigenvalue weighted by Gasteiger charge is -2.30. The molecule has 112 valence electrons. The highest BCUT2D eigenvalue weighted by Gasteiger charge is 2.30. The summed E-state index contributed by atoms with van der Waals surface area (Å²) in [4.78, 5) is 0.398. The maximum Gasteiger partial charge on any atom is 0.243 e. The summed E-state index contributed by atoms with van der Waals surface area (Å²) >= 11 is 0. The molecule has 1 saturated heterocycles. The number of nitrogens with zero attached hydrogens (tertiary/aromatic N) is 1. The molecule has 1 unspecified atom stereocenters. The molecule has 0 amide bonds. The van der Waals surface area contributed by atoms with Crippen molar-refractivity contribution in [3.63, 3.8) is 0 Å². The summed E-state index contributed by atoms with van der Waals surface area (Å²) in [6, 6.07) is 7.18. The lowest BCUT2D eigenvalue weighted by atomic mass is 10.2. The van der Waals surface area contributed by atoms with Gasteiger partial charge in [0.25, 0.3) is 0 Å². The molecule has 1 atom stereocenters. The number of hydrogen-bond acceptors (Lipinski definition) is 4. The Labute approximate surface area is 121 Å². The molecule has 1 aliphatic heterocycles. The molecule has 2 rings (SSSR count). The fourth-order valence-corrected chi connectivity index (χ4v) is 4.03. The first-order valence-corrected chi connectivity index (χ1v) is 8.40. The molecule has 1 fully saturated rings. The highest BCUT2D eigenvalue weighted by Crippen LogP contribution is 2.22. The number of sulfonamides is 1. The Kier molecular flexibility index (Phi) is 5.15. The van der Waals surface area contributed by atoms with Crippen LogP contribution in [0.25, 0.3) is 0 Å². The normalized spacial score (nSPS) is 21.0. The molecule has 0 spiro atoms. The van der Waals surface area contributed by atoms with Gasteiger partial charge in [-0.25, -0.2) is 8.42 Å². The van der Waals surface area contributed by atoms with Gasteiger partial charge in [0.15, 0.2) is 0 Å². The van der Waals surface area contributed by atoms with Crippen molar-refractivity contribution in [2.24, 2.45) is 0 Å². The topological polar surface area (TPSA) is 58.6 Å². The second kappa shape index (κ2) is 6.67. The molecule has 0 aliphatic carbocycles. The largest absolute Gasteiger partial charge is 0.376 e. The third-order valence-electron chi connectivity index (χ3n) is 3.36. The summed E-state index contributed by atoms with van der Waals surface area (Å²) in [7, 11) is -3.44. The monoisotopic (exact) mass is 298 g/mol. The van der Waals surface area contributed by atoms with E-state index in [2.05, 4.69) is 5.32 Å². The van der Waals surface area contributed by atoms with Crippen LogP contribution in [-0.2, 0) is 21.3 Å². The van der Waals surface area contributed by atoms with Crippen LogP contribution in [-0.4, -0.2) is 45.1 Å². The van der Waals surface area contributed by atoms with E-state index in [0.717, 1.165) is 12.1 Å². The van der Waals surface area contributed by atoms with E-state index in [9.17, 15) is 8.42 Å². The van der Waals surface area contributed by atoms with Crippen molar-refractivity contribution < 1.29 is 13.2 Å². The molecule has 0 saturated carbocycles. The molecular weight excluding hydrogens is 276 g/mol. The van der Waals surface area contributed by atoms with Crippen molar-refractivity contribution in [2.45, 2.75) is 31.4 Å². The molecule has 1 N–H and O–H groups in total. The molecule has 0 bridgehead atoms. The molecule has 0 radical (unpaired) electrons. The lowest BCUT2D eigenvalue weighted by molar-refractivity contribution is 0.0101. The standard InChI is InChI=1S/C14H22N2O3S/c1-3-15-10-13-6-4-5-7-14(13)20(17,18)16-8-9-19-12(2)11-16/h4-7,12,15H,3,8-11H2,1-2H3. The van der Waals surface area contributed by atoms with Crippen LogP contribution in [0.1, 0.15) is 19.4 Å². The average Bonchev–Trinajstić information content (AvgIpc) is 2.45.